The smallest absolute Gasteiger partial charge is 0.288 e. The van der Waals surface area contributed by atoms with Crippen LogP contribution in [0.2, 0.25) is 0 Å². The van der Waals surface area contributed by atoms with Crippen LogP contribution >= 0.6 is 0 Å². The molecule has 0 aliphatic heterocycles. The topological polar surface area (TPSA) is 117 Å². The van der Waals surface area contributed by atoms with Crippen molar-refractivity contribution in [2.45, 2.75) is 0 Å². The fourth-order valence-corrected chi connectivity index (χ4v) is 2.31. The SMILES string of the molecule is O=C(NO)c1ccc(C=NNC(=O)c2nccnc2-c2ccccc2)cc1. The number of carbonyl (C=O) groups is 2. The fourth-order valence-electron chi connectivity index (χ4n) is 2.31. The highest BCUT2D eigenvalue weighted by Gasteiger charge is 2.14. The molecule has 2 amide bonds. The molecule has 0 saturated heterocycles. The fraction of sp³-hybridized carbons (Fsp3) is 0. The first-order chi connectivity index (χ1) is 13.2. The van der Waals surface area contributed by atoms with Crippen molar-refractivity contribution in [3.8, 4) is 11.3 Å². The van der Waals surface area contributed by atoms with Gasteiger partial charge >= 0.3 is 0 Å². The van der Waals surface area contributed by atoms with Gasteiger partial charge in [0.1, 0.15) is 5.69 Å². The zero-order valence-electron chi connectivity index (χ0n) is 14.0. The lowest BCUT2D eigenvalue weighted by Crippen LogP contribution is -2.20. The molecule has 134 valence electrons. The summed E-state index contributed by atoms with van der Waals surface area (Å²) in [5.74, 6) is -1.10. The summed E-state index contributed by atoms with van der Waals surface area (Å²) in [5, 5.41) is 12.5. The van der Waals surface area contributed by atoms with Crippen LogP contribution in [-0.4, -0.2) is 33.2 Å². The minimum Gasteiger partial charge on any atom is -0.288 e. The Balaban J connectivity index is 1.71. The largest absolute Gasteiger partial charge is 0.292 e. The molecule has 0 spiro atoms. The van der Waals surface area contributed by atoms with E-state index in [0.29, 0.717) is 16.8 Å². The number of carbonyl (C=O) groups excluding carboxylic acids is 2. The van der Waals surface area contributed by atoms with Crippen molar-refractivity contribution < 1.29 is 14.8 Å². The summed E-state index contributed by atoms with van der Waals surface area (Å²) in [7, 11) is 0. The molecule has 0 aliphatic rings. The Morgan fingerprint density at radius 2 is 1.63 bits per heavy atom. The Hall–Kier alpha value is -3.91. The van der Waals surface area contributed by atoms with Crippen molar-refractivity contribution >= 4 is 18.0 Å². The summed E-state index contributed by atoms with van der Waals surface area (Å²) in [6, 6.07) is 15.5. The van der Waals surface area contributed by atoms with Gasteiger partial charge in [0.15, 0.2) is 5.69 Å². The Bertz CT molecular complexity index is 972. The summed E-state index contributed by atoms with van der Waals surface area (Å²) in [4.78, 5) is 32.0. The van der Waals surface area contributed by atoms with E-state index in [1.807, 2.05) is 30.3 Å². The van der Waals surface area contributed by atoms with Gasteiger partial charge in [-0.15, -0.1) is 0 Å². The van der Waals surface area contributed by atoms with Crippen molar-refractivity contribution in [2.24, 2.45) is 5.10 Å². The predicted molar refractivity (Wildman–Crippen MR) is 98.2 cm³/mol. The van der Waals surface area contributed by atoms with Crippen LogP contribution in [-0.2, 0) is 0 Å². The number of hydrogen-bond acceptors (Lipinski definition) is 6. The van der Waals surface area contributed by atoms with Gasteiger partial charge in [-0.3, -0.25) is 19.8 Å². The van der Waals surface area contributed by atoms with E-state index in [0.717, 1.165) is 5.56 Å². The van der Waals surface area contributed by atoms with Crippen molar-refractivity contribution in [1.29, 1.82) is 0 Å². The van der Waals surface area contributed by atoms with E-state index in [2.05, 4.69) is 20.5 Å². The third-order valence-corrected chi connectivity index (χ3v) is 3.61. The number of hydrogen-bond donors (Lipinski definition) is 3. The van der Waals surface area contributed by atoms with Gasteiger partial charge in [0, 0.05) is 23.5 Å². The molecule has 3 aromatic rings. The highest BCUT2D eigenvalue weighted by molar-refractivity contribution is 5.98. The molecule has 0 radical (unpaired) electrons. The van der Waals surface area contributed by atoms with Gasteiger partial charge < -0.3 is 0 Å². The second-order valence-electron chi connectivity index (χ2n) is 5.38. The van der Waals surface area contributed by atoms with E-state index in [1.165, 1.54) is 30.7 Å². The first kappa shape index (κ1) is 17.9. The van der Waals surface area contributed by atoms with Crippen LogP contribution in [0, 0.1) is 0 Å². The summed E-state index contributed by atoms with van der Waals surface area (Å²) >= 11 is 0. The zero-order valence-corrected chi connectivity index (χ0v) is 14.0. The molecule has 0 bridgehead atoms. The first-order valence-corrected chi connectivity index (χ1v) is 7.93. The van der Waals surface area contributed by atoms with Gasteiger partial charge in [-0.05, 0) is 17.7 Å². The van der Waals surface area contributed by atoms with Gasteiger partial charge in [-0.1, -0.05) is 42.5 Å². The van der Waals surface area contributed by atoms with Crippen LogP contribution in [0.25, 0.3) is 11.3 Å². The highest BCUT2D eigenvalue weighted by atomic mass is 16.5. The lowest BCUT2D eigenvalue weighted by Gasteiger charge is -2.06. The number of hydroxylamine groups is 1. The molecule has 8 heteroatoms. The van der Waals surface area contributed by atoms with Gasteiger partial charge in [0.05, 0.1) is 6.21 Å². The molecule has 0 unspecified atom stereocenters. The van der Waals surface area contributed by atoms with Crippen LogP contribution in [0.5, 0.6) is 0 Å². The van der Waals surface area contributed by atoms with Gasteiger partial charge in [0.25, 0.3) is 11.8 Å². The second-order valence-corrected chi connectivity index (χ2v) is 5.38. The maximum atomic E-state index is 12.4. The second kappa shape index (κ2) is 8.45. The number of nitrogens with one attached hydrogen (secondary N) is 2. The molecule has 8 nitrogen and oxygen atoms in total. The van der Waals surface area contributed by atoms with Gasteiger partial charge in [-0.25, -0.2) is 15.9 Å². The predicted octanol–water partition coefficient (Wildman–Crippen LogP) is 2.03. The minimum absolute atomic E-state index is 0.163. The van der Waals surface area contributed by atoms with E-state index in [1.54, 1.807) is 17.6 Å². The quantitative estimate of drug-likeness (QED) is 0.365. The summed E-state index contributed by atoms with van der Waals surface area (Å²) in [6.45, 7) is 0. The van der Waals surface area contributed by atoms with Crippen LogP contribution < -0.4 is 10.9 Å². The highest BCUT2D eigenvalue weighted by Crippen LogP contribution is 2.18. The van der Waals surface area contributed by atoms with Crippen molar-refractivity contribution in [3.63, 3.8) is 0 Å². The lowest BCUT2D eigenvalue weighted by atomic mass is 10.1. The molecule has 1 aromatic heterocycles. The molecular weight excluding hydrogens is 346 g/mol. The van der Waals surface area contributed by atoms with E-state index < -0.39 is 11.8 Å². The Labute approximate surface area is 154 Å². The molecule has 3 N–H and O–H groups in total. The zero-order chi connectivity index (χ0) is 19.1. The number of rotatable bonds is 5. The number of benzene rings is 2. The van der Waals surface area contributed by atoms with Crippen LogP contribution in [0.15, 0.2) is 72.1 Å². The maximum absolute atomic E-state index is 12.4. The van der Waals surface area contributed by atoms with E-state index in [-0.39, 0.29) is 5.69 Å². The number of amides is 2. The molecule has 0 atom stereocenters. The summed E-state index contributed by atoms with van der Waals surface area (Å²) in [5.41, 5.74) is 6.33. The normalized spacial score (nSPS) is 10.6. The third-order valence-electron chi connectivity index (χ3n) is 3.61. The first-order valence-electron chi connectivity index (χ1n) is 7.93. The Kier molecular flexibility index (Phi) is 5.60. The van der Waals surface area contributed by atoms with Crippen LogP contribution in [0.3, 0.4) is 0 Å². The van der Waals surface area contributed by atoms with Crippen molar-refractivity contribution in [3.05, 3.63) is 83.8 Å². The van der Waals surface area contributed by atoms with Crippen molar-refractivity contribution in [2.75, 3.05) is 0 Å². The van der Waals surface area contributed by atoms with E-state index in [9.17, 15) is 9.59 Å². The Morgan fingerprint density at radius 3 is 2.33 bits per heavy atom. The van der Waals surface area contributed by atoms with Crippen molar-refractivity contribution in [1.82, 2.24) is 20.9 Å². The minimum atomic E-state index is -0.608. The third kappa shape index (κ3) is 4.39. The standard InChI is InChI=1S/C19H15N5O3/c25-18(24-27)15-8-6-13(7-9-15)12-22-23-19(26)17-16(20-10-11-21-17)14-4-2-1-3-5-14/h1-12,27H,(H,23,26)(H,24,25). The average Bonchev–Trinajstić information content (AvgIpc) is 2.74. The van der Waals surface area contributed by atoms with E-state index in [4.69, 9.17) is 5.21 Å². The number of hydrazone groups is 1. The summed E-state index contributed by atoms with van der Waals surface area (Å²) in [6.07, 6.45) is 4.39. The van der Waals surface area contributed by atoms with E-state index >= 15 is 0 Å². The van der Waals surface area contributed by atoms with Gasteiger partial charge in [0.2, 0.25) is 0 Å². The molecule has 1 heterocycles. The average molecular weight is 361 g/mol. The number of nitrogens with zero attached hydrogens (tertiary/aromatic N) is 3. The Morgan fingerprint density at radius 1 is 0.926 bits per heavy atom. The maximum Gasteiger partial charge on any atom is 0.292 e. The molecule has 3 rings (SSSR count). The summed E-state index contributed by atoms with van der Waals surface area (Å²) < 4.78 is 0. The van der Waals surface area contributed by atoms with Gasteiger partial charge in [-0.2, -0.15) is 5.10 Å². The van der Waals surface area contributed by atoms with Crippen LogP contribution in [0.1, 0.15) is 26.4 Å². The molecular formula is C19H15N5O3. The molecule has 2 aromatic carbocycles. The molecule has 0 saturated carbocycles. The number of aromatic nitrogens is 2. The van der Waals surface area contributed by atoms with Crippen LogP contribution in [0.4, 0.5) is 0 Å². The molecule has 0 fully saturated rings. The molecule has 0 aliphatic carbocycles. The lowest BCUT2D eigenvalue weighted by molar-refractivity contribution is 0.0706. The monoisotopic (exact) mass is 361 g/mol. The molecule has 27 heavy (non-hydrogen) atoms.